The van der Waals surface area contributed by atoms with Crippen LogP contribution in [0.4, 0.5) is 19.0 Å². The Morgan fingerprint density at radius 1 is 1.22 bits per heavy atom. The van der Waals surface area contributed by atoms with E-state index in [0.29, 0.717) is 18.5 Å². The SMILES string of the molecule is COC1CCN(C(ONC(=O)c2cccnc2)(C(C)c2cc(C)nc(NC(C)=O)c2)C(F)(F)F)CC1. The molecule has 1 aliphatic rings. The van der Waals surface area contributed by atoms with Gasteiger partial charge in [-0.3, -0.25) is 19.5 Å². The van der Waals surface area contributed by atoms with Gasteiger partial charge in [-0.15, -0.1) is 0 Å². The fourth-order valence-corrected chi connectivity index (χ4v) is 4.43. The van der Waals surface area contributed by atoms with E-state index in [-0.39, 0.29) is 36.1 Å². The Morgan fingerprint density at radius 2 is 1.92 bits per heavy atom. The molecule has 196 valence electrons. The first kappa shape index (κ1) is 27.5. The molecule has 0 radical (unpaired) electrons. The summed E-state index contributed by atoms with van der Waals surface area (Å²) in [4.78, 5) is 38.8. The van der Waals surface area contributed by atoms with Gasteiger partial charge in [0.25, 0.3) is 11.6 Å². The minimum Gasteiger partial charge on any atom is -0.381 e. The predicted octanol–water partition coefficient (Wildman–Crippen LogP) is 3.58. The maximum atomic E-state index is 15.1. The molecule has 2 unspecified atom stereocenters. The second-order valence-corrected chi connectivity index (χ2v) is 8.72. The van der Waals surface area contributed by atoms with E-state index in [2.05, 4.69) is 15.3 Å². The lowest BCUT2D eigenvalue weighted by atomic mass is 9.86. The average molecular weight is 510 g/mol. The number of hydrogen-bond acceptors (Lipinski definition) is 7. The van der Waals surface area contributed by atoms with Crippen molar-refractivity contribution in [2.75, 3.05) is 25.5 Å². The Balaban J connectivity index is 2.05. The standard InChI is InChI=1S/C24H30F3N5O4/c1-15-12-19(13-21(29-15)30-17(3)33)16(2)23(24(25,26)27,32-10-7-20(35-4)8-11-32)36-31-22(34)18-6-5-9-28-14-18/h5-6,9,12-14,16,20H,7-8,10-11H2,1-4H3,(H,31,34)(H,29,30,33). The van der Waals surface area contributed by atoms with E-state index in [9.17, 15) is 9.59 Å². The summed E-state index contributed by atoms with van der Waals surface area (Å²) in [5.74, 6) is -2.48. The summed E-state index contributed by atoms with van der Waals surface area (Å²) in [6.07, 6.45) is -1.73. The molecule has 36 heavy (non-hydrogen) atoms. The zero-order valence-corrected chi connectivity index (χ0v) is 20.6. The molecule has 2 amide bonds. The van der Waals surface area contributed by atoms with Crippen molar-refractivity contribution >= 4 is 17.6 Å². The number of likely N-dealkylation sites (tertiary alicyclic amines) is 1. The number of carbonyl (C=O) groups excluding carboxylic acids is 2. The summed E-state index contributed by atoms with van der Waals surface area (Å²) in [5, 5.41) is 2.52. The van der Waals surface area contributed by atoms with Gasteiger partial charge in [0.2, 0.25) is 5.91 Å². The van der Waals surface area contributed by atoms with Crippen LogP contribution in [0.15, 0.2) is 36.7 Å². The molecule has 0 aromatic carbocycles. The molecular formula is C24H30F3N5O4. The molecule has 3 heterocycles. The number of rotatable bonds is 8. The quantitative estimate of drug-likeness (QED) is 0.524. The number of aryl methyl sites for hydroxylation is 1. The number of ether oxygens (including phenoxy) is 1. The topological polar surface area (TPSA) is 106 Å². The van der Waals surface area contributed by atoms with Gasteiger partial charge < -0.3 is 10.1 Å². The van der Waals surface area contributed by atoms with Gasteiger partial charge in [0.1, 0.15) is 5.82 Å². The van der Waals surface area contributed by atoms with Crippen LogP contribution in [0, 0.1) is 6.92 Å². The molecular weight excluding hydrogens is 479 g/mol. The number of amides is 2. The molecule has 3 rings (SSSR count). The molecule has 2 aromatic rings. The highest BCUT2D eigenvalue weighted by Crippen LogP contribution is 2.47. The van der Waals surface area contributed by atoms with Gasteiger partial charge in [0.15, 0.2) is 0 Å². The van der Waals surface area contributed by atoms with Crippen molar-refractivity contribution < 1.29 is 32.3 Å². The number of nitrogens with one attached hydrogen (secondary N) is 2. The number of halogens is 3. The van der Waals surface area contributed by atoms with Crippen molar-refractivity contribution in [3.8, 4) is 0 Å². The second kappa shape index (κ2) is 11.3. The predicted molar refractivity (Wildman–Crippen MR) is 125 cm³/mol. The summed E-state index contributed by atoms with van der Waals surface area (Å²) < 4.78 is 50.6. The number of hydroxylamine groups is 1. The first-order chi connectivity index (χ1) is 17.0. The number of hydrogen-bond donors (Lipinski definition) is 2. The molecule has 0 spiro atoms. The van der Waals surface area contributed by atoms with Crippen LogP contribution in [0.2, 0.25) is 0 Å². The van der Waals surface area contributed by atoms with Crippen molar-refractivity contribution in [2.24, 2.45) is 0 Å². The maximum absolute atomic E-state index is 15.1. The van der Waals surface area contributed by atoms with Crippen LogP contribution in [-0.2, 0) is 14.4 Å². The molecule has 2 aromatic heterocycles. The lowest BCUT2D eigenvalue weighted by Crippen LogP contribution is -2.67. The molecule has 9 nitrogen and oxygen atoms in total. The van der Waals surface area contributed by atoms with Crippen molar-refractivity contribution in [2.45, 2.75) is 57.5 Å². The minimum absolute atomic E-state index is 0.0216. The molecule has 2 atom stereocenters. The van der Waals surface area contributed by atoms with E-state index in [1.165, 1.54) is 62.5 Å². The van der Waals surface area contributed by atoms with E-state index in [1.54, 1.807) is 6.92 Å². The summed E-state index contributed by atoms with van der Waals surface area (Å²) in [6, 6.07) is 5.80. The zero-order valence-electron chi connectivity index (χ0n) is 20.6. The molecule has 1 saturated heterocycles. The Kier molecular flexibility index (Phi) is 8.64. The van der Waals surface area contributed by atoms with Gasteiger partial charge in [-0.2, -0.15) is 13.2 Å². The first-order valence-corrected chi connectivity index (χ1v) is 11.5. The Labute approximate surface area is 207 Å². The Bertz CT molecular complexity index is 1060. The van der Waals surface area contributed by atoms with Crippen molar-refractivity contribution in [1.29, 1.82) is 0 Å². The molecule has 1 aliphatic heterocycles. The number of anilines is 1. The van der Waals surface area contributed by atoms with Crippen LogP contribution in [0.25, 0.3) is 0 Å². The van der Waals surface area contributed by atoms with Crippen LogP contribution >= 0.6 is 0 Å². The monoisotopic (exact) mass is 509 g/mol. The smallest absolute Gasteiger partial charge is 0.381 e. The van der Waals surface area contributed by atoms with Crippen LogP contribution in [-0.4, -0.2) is 64.9 Å². The summed E-state index contributed by atoms with van der Waals surface area (Å²) in [6.45, 7) is 4.32. The zero-order chi connectivity index (χ0) is 26.5. The van der Waals surface area contributed by atoms with E-state index in [0.717, 1.165) is 0 Å². The lowest BCUT2D eigenvalue weighted by Gasteiger charge is -2.49. The maximum Gasteiger partial charge on any atom is 0.434 e. The third-order valence-electron chi connectivity index (χ3n) is 6.24. The molecule has 0 bridgehead atoms. The molecule has 0 saturated carbocycles. The molecule has 2 N–H and O–H groups in total. The minimum atomic E-state index is -4.93. The fourth-order valence-electron chi connectivity index (χ4n) is 4.43. The number of aromatic nitrogens is 2. The van der Waals surface area contributed by atoms with Crippen molar-refractivity contribution in [1.82, 2.24) is 20.3 Å². The van der Waals surface area contributed by atoms with Crippen LogP contribution < -0.4 is 10.8 Å². The average Bonchev–Trinajstić information content (AvgIpc) is 2.83. The third-order valence-corrected chi connectivity index (χ3v) is 6.24. The van der Waals surface area contributed by atoms with E-state index in [1.807, 2.05) is 5.48 Å². The van der Waals surface area contributed by atoms with Crippen LogP contribution in [0.5, 0.6) is 0 Å². The van der Waals surface area contributed by atoms with Gasteiger partial charge in [0, 0.05) is 51.1 Å². The van der Waals surface area contributed by atoms with E-state index < -0.39 is 29.6 Å². The van der Waals surface area contributed by atoms with Gasteiger partial charge in [-0.05, 0) is 49.6 Å². The number of alkyl halides is 3. The normalized spacial score (nSPS) is 17.8. The number of piperidine rings is 1. The number of carbonyl (C=O) groups is 2. The highest BCUT2D eigenvalue weighted by atomic mass is 19.4. The van der Waals surface area contributed by atoms with E-state index >= 15 is 13.2 Å². The highest BCUT2D eigenvalue weighted by Gasteiger charge is 2.65. The third kappa shape index (κ3) is 6.00. The fraction of sp³-hybridized carbons (Fsp3) is 0.500. The lowest BCUT2D eigenvalue weighted by molar-refractivity contribution is -0.356. The van der Waals surface area contributed by atoms with Gasteiger partial charge in [-0.25, -0.2) is 15.3 Å². The van der Waals surface area contributed by atoms with Crippen molar-refractivity contribution in [3.05, 3.63) is 53.5 Å². The van der Waals surface area contributed by atoms with Gasteiger partial charge in [0.05, 0.1) is 11.7 Å². The summed E-state index contributed by atoms with van der Waals surface area (Å²) >= 11 is 0. The molecule has 12 heteroatoms. The van der Waals surface area contributed by atoms with Crippen LogP contribution in [0.1, 0.15) is 54.2 Å². The first-order valence-electron chi connectivity index (χ1n) is 11.5. The number of pyridine rings is 2. The van der Waals surface area contributed by atoms with Gasteiger partial charge in [-0.1, -0.05) is 6.92 Å². The molecule has 1 fully saturated rings. The Morgan fingerprint density at radius 3 is 2.47 bits per heavy atom. The largest absolute Gasteiger partial charge is 0.434 e. The van der Waals surface area contributed by atoms with Gasteiger partial charge >= 0.3 is 6.18 Å². The highest BCUT2D eigenvalue weighted by molar-refractivity contribution is 5.93. The summed E-state index contributed by atoms with van der Waals surface area (Å²) in [5.41, 5.74) is -0.210. The Hall–Kier alpha value is -3.09. The van der Waals surface area contributed by atoms with Crippen molar-refractivity contribution in [3.63, 3.8) is 0 Å². The van der Waals surface area contributed by atoms with E-state index in [4.69, 9.17) is 9.57 Å². The number of nitrogens with zero attached hydrogens (tertiary/aromatic N) is 3. The summed E-state index contributed by atoms with van der Waals surface area (Å²) in [7, 11) is 1.52. The second-order valence-electron chi connectivity index (χ2n) is 8.72. The number of methoxy groups -OCH3 is 1. The molecule has 0 aliphatic carbocycles. The van der Waals surface area contributed by atoms with Crippen LogP contribution in [0.3, 0.4) is 0 Å².